The Morgan fingerprint density at radius 1 is 0.848 bits per heavy atom. The molecule has 46 heavy (non-hydrogen) atoms. The van der Waals surface area contributed by atoms with E-state index < -0.39 is 0 Å². The molecule has 3 aromatic rings. The van der Waals surface area contributed by atoms with Gasteiger partial charge in [0.1, 0.15) is 6.54 Å². The topological polar surface area (TPSA) is 166 Å². The fraction of sp³-hybridized carbons (Fsp3) is 0.545. The smallest absolute Gasteiger partial charge is 0.260 e. The zero-order valence-electron chi connectivity index (χ0n) is 27.1. The molecule has 2 atom stereocenters. The molecule has 7 N–H and O–H groups in total. The highest BCUT2D eigenvalue weighted by Gasteiger charge is 2.29. The van der Waals surface area contributed by atoms with Crippen LogP contribution in [0.25, 0.3) is 0 Å². The minimum absolute atomic E-state index is 0.00597. The molecule has 0 bridgehead atoms. The summed E-state index contributed by atoms with van der Waals surface area (Å²) in [5, 5.41) is 18.6. The van der Waals surface area contributed by atoms with Crippen LogP contribution in [0.1, 0.15) is 95.3 Å². The predicted octanol–water partition coefficient (Wildman–Crippen LogP) is 5.77. The number of hydrogen-bond acceptors (Lipinski definition) is 8. The van der Waals surface area contributed by atoms with Crippen LogP contribution in [-0.4, -0.2) is 38.6 Å². The van der Waals surface area contributed by atoms with Crippen LogP contribution in [0.2, 0.25) is 10.0 Å². The molecule has 2 aliphatic carbocycles. The third-order valence-corrected chi connectivity index (χ3v) is 8.28. The van der Waals surface area contributed by atoms with Crippen LogP contribution in [0.3, 0.4) is 0 Å². The number of rotatable bonds is 10. The second-order valence-corrected chi connectivity index (χ2v) is 13.5. The second kappa shape index (κ2) is 19.4. The highest BCUT2D eigenvalue weighted by molar-refractivity contribution is 6.30. The van der Waals surface area contributed by atoms with E-state index in [1.165, 1.54) is 30.5 Å². The van der Waals surface area contributed by atoms with Gasteiger partial charge in [0, 0.05) is 10.0 Å². The molecule has 11 nitrogen and oxygen atoms in total. The lowest BCUT2D eigenvalue weighted by Crippen LogP contribution is -2.40. The van der Waals surface area contributed by atoms with E-state index in [2.05, 4.69) is 52.2 Å². The molecule has 0 radical (unpaired) electrons. The summed E-state index contributed by atoms with van der Waals surface area (Å²) in [6, 6.07) is 15.4. The molecule has 1 heterocycles. The Morgan fingerprint density at radius 3 is 1.70 bits per heavy atom. The van der Waals surface area contributed by atoms with Crippen molar-refractivity contribution in [3.05, 3.63) is 69.7 Å². The van der Waals surface area contributed by atoms with Crippen LogP contribution in [0.15, 0.2) is 48.5 Å². The van der Waals surface area contributed by atoms with Crippen molar-refractivity contribution < 1.29 is 9.59 Å². The van der Waals surface area contributed by atoms with Gasteiger partial charge in [0.05, 0.1) is 18.6 Å². The molecule has 0 spiro atoms. The first-order valence-corrected chi connectivity index (χ1v) is 16.9. The zero-order chi connectivity index (χ0) is 33.5. The molecule has 0 saturated heterocycles. The number of nitrogens with two attached hydrogens (primary N) is 2. The summed E-state index contributed by atoms with van der Waals surface area (Å²) in [5.41, 5.74) is 9.90. The van der Waals surface area contributed by atoms with Crippen molar-refractivity contribution in [3.8, 4) is 0 Å². The number of nitrogens with one attached hydrogen (secondary N) is 3. The van der Waals surface area contributed by atoms with E-state index in [4.69, 9.17) is 34.8 Å². The maximum Gasteiger partial charge on any atom is 0.260 e. The Balaban J connectivity index is 0.000000228. The number of nitrogens with zero attached hydrogens (tertiary/aromatic N) is 4. The number of aromatic nitrogens is 4. The number of amides is 2. The summed E-state index contributed by atoms with van der Waals surface area (Å²) in [4.78, 5) is 25.3. The predicted molar refractivity (Wildman–Crippen MR) is 184 cm³/mol. The molecule has 2 aliphatic rings. The van der Waals surface area contributed by atoms with E-state index in [0.717, 1.165) is 42.7 Å². The van der Waals surface area contributed by atoms with E-state index in [0.29, 0.717) is 21.9 Å². The van der Waals surface area contributed by atoms with Crippen molar-refractivity contribution in [1.29, 1.82) is 0 Å². The van der Waals surface area contributed by atoms with E-state index in [9.17, 15) is 9.59 Å². The number of anilines is 1. The molecule has 2 aromatic carbocycles. The van der Waals surface area contributed by atoms with Gasteiger partial charge >= 0.3 is 0 Å². The fourth-order valence-corrected chi connectivity index (χ4v) is 6.31. The number of carbonyl (C=O) groups is 2. The number of benzene rings is 2. The molecule has 2 saturated carbocycles. The van der Waals surface area contributed by atoms with Crippen molar-refractivity contribution in [1.82, 2.24) is 36.3 Å². The first-order valence-electron chi connectivity index (χ1n) is 16.1. The largest absolute Gasteiger partial charge is 0.365 e. The number of hydrogen-bond donors (Lipinski definition) is 5. The molecule has 13 heteroatoms. The molecular weight excluding hydrogens is 625 g/mol. The molecular formula is C33H49Cl2N9O2. The fourth-order valence-electron chi connectivity index (χ4n) is 5.92. The van der Waals surface area contributed by atoms with Gasteiger partial charge in [-0.25, -0.2) is 0 Å². The van der Waals surface area contributed by atoms with Crippen molar-refractivity contribution in [3.63, 3.8) is 0 Å². The van der Waals surface area contributed by atoms with Gasteiger partial charge in [-0.3, -0.25) is 20.9 Å². The number of tetrazole rings is 1. The lowest BCUT2D eigenvalue weighted by atomic mass is 9.91. The SMILES string of the molecule is CC(C)C.NNCC(=O)NC(c1cccc(Cl)c1)C1CCCC1.Nc1nnn(CC(=O)N[C@H](c2cccc(Cl)c2)C2CCCC2)n1. The van der Waals surface area contributed by atoms with E-state index >= 15 is 0 Å². The van der Waals surface area contributed by atoms with Crippen molar-refractivity contribution in [2.24, 2.45) is 23.6 Å². The molecule has 1 aromatic heterocycles. The minimum atomic E-state index is -0.167. The van der Waals surface area contributed by atoms with Gasteiger partial charge in [0.25, 0.3) is 5.95 Å². The maximum atomic E-state index is 12.3. The van der Waals surface area contributed by atoms with E-state index in [1.807, 2.05) is 48.5 Å². The van der Waals surface area contributed by atoms with Gasteiger partial charge in [-0.15, -0.1) is 5.10 Å². The molecule has 1 unspecified atom stereocenters. The van der Waals surface area contributed by atoms with E-state index in [-0.39, 0.29) is 42.9 Å². The highest BCUT2D eigenvalue weighted by atomic mass is 35.5. The molecule has 0 aliphatic heterocycles. The van der Waals surface area contributed by atoms with Gasteiger partial charge in [0.15, 0.2) is 0 Å². The number of halogens is 2. The Hall–Kier alpha value is -3.25. The Labute approximate surface area is 282 Å². The monoisotopic (exact) mass is 673 g/mol. The van der Waals surface area contributed by atoms with Gasteiger partial charge in [-0.1, -0.05) is 99.0 Å². The van der Waals surface area contributed by atoms with Crippen LogP contribution < -0.4 is 27.6 Å². The van der Waals surface area contributed by atoms with Crippen molar-refractivity contribution >= 4 is 41.0 Å². The lowest BCUT2D eigenvalue weighted by Gasteiger charge is -2.25. The van der Waals surface area contributed by atoms with Crippen LogP contribution in [0.5, 0.6) is 0 Å². The minimum Gasteiger partial charge on any atom is -0.365 e. The molecule has 2 fully saturated rings. The molecule has 2 amide bonds. The summed E-state index contributed by atoms with van der Waals surface area (Å²) in [5.74, 6) is 6.74. The summed E-state index contributed by atoms with van der Waals surface area (Å²) >= 11 is 12.2. The number of hydrazine groups is 1. The van der Waals surface area contributed by atoms with Gasteiger partial charge in [0.2, 0.25) is 11.8 Å². The normalized spacial score (nSPS) is 16.2. The van der Waals surface area contributed by atoms with Crippen molar-refractivity contribution in [2.45, 2.75) is 90.8 Å². The summed E-state index contributed by atoms with van der Waals surface area (Å²) in [6.07, 6.45) is 9.34. The van der Waals surface area contributed by atoms with Crippen molar-refractivity contribution in [2.75, 3.05) is 12.3 Å². The molecule has 5 rings (SSSR count). The zero-order valence-corrected chi connectivity index (χ0v) is 28.6. The second-order valence-electron chi connectivity index (χ2n) is 12.6. The third-order valence-electron chi connectivity index (χ3n) is 7.81. The Kier molecular flexibility index (Phi) is 15.7. The quantitative estimate of drug-likeness (QED) is 0.134. The average molecular weight is 675 g/mol. The maximum absolute atomic E-state index is 12.3. The standard InChI is InChI=1S/C15H19ClN6O.C14H20ClN3O.C4H10/c16-12-7-3-6-11(8-12)14(10-4-1-2-5-10)18-13(23)9-22-20-15(17)19-21-22;15-12-7-3-6-11(8-12)14(10-4-1-2-5-10)18-13(19)9-17-16;1-4(2)3/h3,6-8,10,14H,1-2,4-5,9H2,(H2,17,20)(H,18,23);3,6-8,10,14,17H,1-2,4-5,9,16H2,(H,18,19);4H,1-3H3/t14-;;/m0../s1. The Bertz CT molecular complexity index is 1360. The first-order chi connectivity index (χ1) is 22.0. The summed E-state index contributed by atoms with van der Waals surface area (Å²) < 4.78 is 0. The van der Waals surface area contributed by atoms with E-state index in [1.54, 1.807) is 0 Å². The number of nitrogen functional groups attached to an aromatic ring is 1. The van der Waals surface area contributed by atoms with Gasteiger partial charge < -0.3 is 16.4 Å². The van der Waals surface area contributed by atoms with Crippen LogP contribution in [0, 0.1) is 17.8 Å². The summed E-state index contributed by atoms with van der Waals surface area (Å²) in [7, 11) is 0. The average Bonchev–Trinajstić information content (AvgIpc) is 3.79. The Morgan fingerprint density at radius 2 is 1.30 bits per heavy atom. The van der Waals surface area contributed by atoms with Gasteiger partial charge in [-0.2, -0.15) is 4.80 Å². The first kappa shape index (κ1) is 37.2. The third kappa shape index (κ3) is 12.9. The lowest BCUT2D eigenvalue weighted by molar-refractivity contribution is -0.123. The summed E-state index contributed by atoms with van der Waals surface area (Å²) in [6.45, 7) is 6.62. The molecule has 252 valence electrons. The van der Waals surface area contributed by atoms with Crippen LogP contribution in [-0.2, 0) is 16.1 Å². The van der Waals surface area contributed by atoms with Crippen LogP contribution >= 0.6 is 23.2 Å². The highest BCUT2D eigenvalue weighted by Crippen LogP contribution is 2.37. The number of carbonyl (C=O) groups excluding carboxylic acids is 2. The van der Waals surface area contributed by atoms with Gasteiger partial charge in [-0.05, 0) is 84.0 Å². The van der Waals surface area contributed by atoms with Crippen LogP contribution in [0.4, 0.5) is 5.95 Å².